The molecular formula is C19H34N2. The van der Waals surface area contributed by atoms with Crippen LogP contribution >= 0.6 is 0 Å². The fourth-order valence-corrected chi connectivity index (χ4v) is 2.66. The largest absolute Gasteiger partial charge is 0.317 e. The topological polar surface area (TPSA) is 15.3 Å². The lowest BCUT2D eigenvalue weighted by Gasteiger charge is -2.27. The second kappa shape index (κ2) is 10.8. The highest BCUT2D eigenvalue weighted by molar-refractivity contribution is 5.27. The maximum atomic E-state index is 3.43. The third-order valence-electron chi connectivity index (χ3n) is 4.09. The number of benzene rings is 1. The van der Waals surface area contributed by atoms with E-state index in [1.807, 2.05) is 0 Å². The third kappa shape index (κ3) is 7.10. The van der Waals surface area contributed by atoms with Crippen molar-refractivity contribution >= 4 is 0 Å². The molecule has 1 N–H and O–H groups in total. The maximum Gasteiger partial charge on any atom is 0.0239 e. The van der Waals surface area contributed by atoms with Crippen LogP contribution in [-0.4, -0.2) is 30.6 Å². The average Bonchev–Trinajstić information content (AvgIpc) is 2.48. The Balaban J connectivity index is 2.64. The van der Waals surface area contributed by atoms with Crippen LogP contribution in [0.5, 0.6) is 0 Å². The van der Waals surface area contributed by atoms with Gasteiger partial charge in [0.25, 0.3) is 0 Å². The minimum Gasteiger partial charge on any atom is -0.317 e. The molecule has 0 aromatic heterocycles. The van der Waals surface area contributed by atoms with Gasteiger partial charge in [-0.25, -0.2) is 0 Å². The molecule has 1 rings (SSSR count). The van der Waals surface area contributed by atoms with Crippen LogP contribution in [0, 0.1) is 0 Å². The van der Waals surface area contributed by atoms with Crippen molar-refractivity contribution in [2.45, 2.75) is 66.0 Å². The van der Waals surface area contributed by atoms with E-state index >= 15 is 0 Å². The molecule has 0 radical (unpaired) electrons. The fraction of sp³-hybridized carbons (Fsp3) is 0.684. The van der Waals surface area contributed by atoms with E-state index in [9.17, 15) is 0 Å². The lowest BCUT2D eigenvalue weighted by molar-refractivity contribution is 0.208. The predicted octanol–water partition coefficient (Wildman–Crippen LogP) is 4.24. The highest BCUT2D eigenvalue weighted by Gasteiger charge is 2.11. The molecule has 0 unspecified atom stereocenters. The van der Waals surface area contributed by atoms with Crippen molar-refractivity contribution in [2.75, 3.05) is 19.6 Å². The molecule has 0 atom stereocenters. The number of hydrogen-bond donors (Lipinski definition) is 1. The summed E-state index contributed by atoms with van der Waals surface area (Å²) in [5.41, 5.74) is 3.00. The quantitative estimate of drug-likeness (QED) is 0.613. The number of nitrogens with one attached hydrogen (secondary N) is 1. The molecule has 0 aliphatic rings. The van der Waals surface area contributed by atoms with Crippen molar-refractivity contribution < 1.29 is 0 Å². The Morgan fingerprint density at radius 3 is 2.38 bits per heavy atom. The Hall–Kier alpha value is -0.860. The van der Waals surface area contributed by atoms with Gasteiger partial charge < -0.3 is 5.32 Å². The van der Waals surface area contributed by atoms with Gasteiger partial charge in [0.05, 0.1) is 0 Å². The van der Waals surface area contributed by atoms with E-state index in [0.717, 1.165) is 26.1 Å². The van der Waals surface area contributed by atoms with Crippen LogP contribution in [0.1, 0.15) is 58.1 Å². The Morgan fingerprint density at radius 2 is 1.76 bits per heavy atom. The number of likely N-dealkylation sites (N-methyl/N-ethyl adjacent to an activating group) is 1. The molecule has 0 spiro atoms. The van der Waals surface area contributed by atoms with Crippen molar-refractivity contribution in [1.29, 1.82) is 0 Å². The number of hydrogen-bond acceptors (Lipinski definition) is 2. The molecule has 0 heterocycles. The molecule has 0 aliphatic heterocycles. The van der Waals surface area contributed by atoms with E-state index in [1.54, 1.807) is 0 Å². The van der Waals surface area contributed by atoms with Crippen LogP contribution in [0.2, 0.25) is 0 Å². The molecule has 0 bridgehead atoms. The zero-order valence-electron chi connectivity index (χ0n) is 14.5. The summed E-state index contributed by atoms with van der Waals surface area (Å²) in [6, 6.07) is 9.55. The third-order valence-corrected chi connectivity index (χ3v) is 4.09. The zero-order valence-corrected chi connectivity index (χ0v) is 14.5. The number of unbranched alkanes of at least 4 members (excludes halogenated alkanes) is 2. The van der Waals surface area contributed by atoms with Crippen molar-refractivity contribution in [1.82, 2.24) is 10.2 Å². The summed E-state index contributed by atoms with van der Waals surface area (Å²) < 4.78 is 0. The van der Waals surface area contributed by atoms with E-state index in [-0.39, 0.29) is 0 Å². The van der Waals surface area contributed by atoms with E-state index < -0.39 is 0 Å². The van der Waals surface area contributed by atoms with Gasteiger partial charge >= 0.3 is 0 Å². The van der Waals surface area contributed by atoms with Crippen molar-refractivity contribution in [3.63, 3.8) is 0 Å². The SMILES string of the molecule is CCCCCN(Cc1ccccc1CCNCC)C(C)C. The highest BCUT2D eigenvalue weighted by atomic mass is 15.1. The zero-order chi connectivity index (χ0) is 15.5. The van der Waals surface area contributed by atoms with Gasteiger partial charge in [0.15, 0.2) is 0 Å². The summed E-state index contributed by atoms with van der Waals surface area (Å²) in [6.07, 6.45) is 5.08. The van der Waals surface area contributed by atoms with Crippen LogP contribution in [0.25, 0.3) is 0 Å². The molecule has 0 saturated heterocycles. The minimum absolute atomic E-state index is 0.615. The van der Waals surface area contributed by atoms with Crippen LogP contribution in [0.3, 0.4) is 0 Å². The molecule has 2 nitrogen and oxygen atoms in total. The molecule has 21 heavy (non-hydrogen) atoms. The molecule has 0 saturated carbocycles. The summed E-state index contributed by atoms with van der Waals surface area (Å²) >= 11 is 0. The molecule has 1 aromatic rings. The standard InChI is InChI=1S/C19H34N2/c1-5-7-10-15-21(17(3)4)16-19-12-9-8-11-18(19)13-14-20-6-2/h8-9,11-12,17,20H,5-7,10,13-16H2,1-4H3. The molecule has 0 fully saturated rings. The van der Waals surface area contributed by atoms with Crippen molar-refractivity contribution in [3.8, 4) is 0 Å². The van der Waals surface area contributed by atoms with E-state index in [2.05, 4.69) is 62.2 Å². The molecule has 1 aromatic carbocycles. The normalized spacial score (nSPS) is 11.5. The first-order valence-electron chi connectivity index (χ1n) is 8.70. The minimum atomic E-state index is 0.615. The summed E-state index contributed by atoms with van der Waals surface area (Å²) in [6.45, 7) is 13.5. The molecule has 2 heteroatoms. The molecular weight excluding hydrogens is 256 g/mol. The first-order chi connectivity index (χ1) is 10.2. The van der Waals surface area contributed by atoms with Crippen LogP contribution < -0.4 is 5.32 Å². The Kier molecular flexibility index (Phi) is 9.36. The lowest BCUT2D eigenvalue weighted by Crippen LogP contribution is -2.31. The second-order valence-electron chi connectivity index (χ2n) is 6.14. The lowest BCUT2D eigenvalue weighted by atomic mass is 10.0. The molecule has 0 aliphatic carbocycles. The van der Waals surface area contributed by atoms with E-state index in [0.29, 0.717) is 6.04 Å². The van der Waals surface area contributed by atoms with Gasteiger partial charge in [-0.1, -0.05) is 51.0 Å². The Labute approximate surface area is 131 Å². The number of rotatable bonds is 11. The van der Waals surface area contributed by atoms with Crippen molar-refractivity contribution in [3.05, 3.63) is 35.4 Å². The van der Waals surface area contributed by atoms with Gasteiger partial charge in [-0.15, -0.1) is 0 Å². The van der Waals surface area contributed by atoms with E-state index in [4.69, 9.17) is 0 Å². The Bertz CT molecular complexity index is 374. The molecule has 0 amide bonds. The summed E-state index contributed by atoms with van der Waals surface area (Å²) in [5, 5.41) is 3.43. The van der Waals surface area contributed by atoms with Gasteiger partial charge in [0, 0.05) is 12.6 Å². The smallest absolute Gasteiger partial charge is 0.0239 e. The second-order valence-corrected chi connectivity index (χ2v) is 6.14. The maximum absolute atomic E-state index is 3.43. The van der Waals surface area contributed by atoms with E-state index in [1.165, 1.54) is 36.9 Å². The molecule has 120 valence electrons. The van der Waals surface area contributed by atoms with Crippen LogP contribution in [-0.2, 0) is 13.0 Å². The fourth-order valence-electron chi connectivity index (χ4n) is 2.66. The average molecular weight is 290 g/mol. The predicted molar refractivity (Wildman–Crippen MR) is 93.8 cm³/mol. The first kappa shape index (κ1) is 18.2. The number of nitrogens with zero attached hydrogens (tertiary/aromatic N) is 1. The first-order valence-corrected chi connectivity index (χ1v) is 8.70. The van der Waals surface area contributed by atoms with Crippen LogP contribution in [0.15, 0.2) is 24.3 Å². The van der Waals surface area contributed by atoms with Gasteiger partial charge in [-0.05, 0) is 57.5 Å². The summed E-state index contributed by atoms with van der Waals surface area (Å²) in [5.74, 6) is 0. The van der Waals surface area contributed by atoms with Crippen LogP contribution in [0.4, 0.5) is 0 Å². The van der Waals surface area contributed by atoms with Gasteiger partial charge in [0.1, 0.15) is 0 Å². The highest BCUT2D eigenvalue weighted by Crippen LogP contribution is 2.15. The van der Waals surface area contributed by atoms with Gasteiger partial charge in [-0.3, -0.25) is 4.90 Å². The van der Waals surface area contributed by atoms with Gasteiger partial charge in [0.2, 0.25) is 0 Å². The monoisotopic (exact) mass is 290 g/mol. The summed E-state index contributed by atoms with van der Waals surface area (Å²) in [4.78, 5) is 2.61. The van der Waals surface area contributed by atoms with Gasteiger partial charge in [-0.2, -0.15) is 0 Å². The summed E-state index contributed by atoms with van der Waals surface area (Å²) in [7, 11) is 0. The Morgan fingerprint density at radius 1 is 1.05 bits per heavy atom. The van der Waals surface area contributed by atoms with Crippen molar-refractivity contribution in [2.24, 2.45) is 0 Å².